The molecule has 0 fully saturated rings. The van der Waals surface area contributed by atoms with E-state index in [1.807, 2.05) is 6.92 Å². The van der Waals surface area contributed by atoms with Crippen LogP contribution in [0.4, 0.5) is 0 Å². The number of sulfonamides is 1. The van der Waals surface area contributed by atoms with Crippen LogP contribution in [0.3, 0.4) is 0 Å². The Labute approximate surface area is 152 Å². The number of esters is 1. The van der Waals surface area contributed by atoms with E-state index in [0.717, 1.165) is 17.8 Å². The molecule has 22 heavy (non-hydrogen) atoms. The molecule has 0 saturated heterocycles. The fraction of sp³-hybridized carbons (Fsp3) is 0.583. The van der Waals surface area contributed by atoms with Crippen LogP contribution < -0.4 is 4.72 Å². The second kappa shape index (κ2) is 8.84. The van der Waals surface area contributed by atoms with Gasteiger partial charge in [-0.25, -0.2) is 8.42 Å². The molecule has 0 aromatic carbocycles. The van der Waals surface area contributed by atoms with Gasteiger partial charge in [-0.05, 0) is 29.3 Å². The first kappa shape index (κ1) is 20.2. The molecule has 0 saturated carbocycles. The van der Waals surface area contributed by atoms with Crippen LogP contribution in [-0.2, 0) is 19.6 Å². The molecule has 0 aliphatic carbocycles. The lowest BCUT2D eigenvalue weighted by Crippen LogP contribution is -2.41. The summed E-state index contributed by atoms with van der Waals surface area (Å²) in [4.78, 5) is 11.8. The molecule has 1 N–H and O–H groups in total. The van der Waals surface area contributed by atoms with Crippen LogP contribution in [0.5, 0.6) is 0 Å². The molecule has 1 heterocycles. The Kier molecular flexibility index (Phi) is 8.11. The van der Waals surface area contributed by atoms with Crippen LogP contribution in [-0.4, -0.2) is 27.0 Å². The smallest absolute Gasteiger partial charge is 0.324 e. The molecular weight excluding hydrogens is 437 g/mol. The Morgan fingerprint density at radius 2 is 2.00 bits per heavy atom. The van der Waals surface area contributed by atoms with Crippen molar-refractivity contribution in [3.63, 3.8) is 0 Å². The lowest BCUT2D eigenvalue weighted by molar-refractivity contribution is -0.145. The molecule has 0 amide bonds. The second-order valence-electron chi connectivity index (χ2n) is 4.36. The number of unbranched alkanes of at least 4 members (excludes halogenated alkanes) is 1. The number of rotatable bonds is 8. The Balaban J connectivity index is 3.06. The minimum Gasteiger partial charge on any atom is -0.465 e. The van der Waals surface area contributed by atoms with Crippen molar-refractivity contribution in [2.45, 2.75) is 44.0 Å². The predicted molar refractivity (Wildman–Crippen MR) is 92.3 cm³/mol. The second-order valence-corrected chi connectivity index (χ2v) is 9.03. The average molecular weight is 453 g/mol. The maximum Gasteiger partial charge on any atom is 0.324 e. The number of nitrogens with one attached hydrogen (secondary N) is 1. The fourth-order valence-electron chi connectivity index (χ4n) is 1.69. The highest BCUT2D eigenvalue weighted by Crippen LogP contribution is 2.42. The Morgan fingerprint density at radius 3 is 2.45 bits per heavy atom. The Morgan fingerprint density at radius 1 is 1.36 bits per heavy atom. The number of halogens is 3. The van der Waals surface area contributed by atoms with Gasteiger partial charge in [-0.2, -0.15) is 4.72 Å². The van der Waals surface area contributed by atoms with Gasteiger partial charge in [0.1, 0.15) is 19.6 Å². The summed E-state index contributed by atoms with van der Waals surface area (Å²) < 4.78 is 32.7. The van der Waals surface area contributed by atoms with Gasteiger partial charge in [0, 0.05) is 0 Å². The molecule has 5 nitrogen and oxygen atoms in total. The zero-order chi connectivity index (χ0) is 16.9. The molecule has 1 aromatic heterocycles. The number of ether oxygens (including phenoxy) is 1. The predicted octanol–water partition coefficient (Wildman–Crippen LogP) is 4.22. The van der Waals surface area contributed by atoms with Gasteiger partial charge in [-0.1, -0.05) is 43.0 Å². The first-order valence-corrected chi connectivity index (χ1v) is 10.4. The third-order valence-corrected chi connectivity index (χ3v) is 7.65. The number of carbonyl (C=O) groups is 1. The van der Waals surface area contributed by atoms with Crippen LogP contribution in [0.15, 0.2) is 9.37 Å². The first-order chi connectivity index (χ1) is 10.2. The molecule has 126 valence electrons. The topological polar surface area (TPSA) is 72.5 Å². The summed E-state index contributed by atoms with van der Waals surface area (Å²) >= 11 is 15.8. The summed E-state index contributed by atoms with van der Waals surface area (Å²) in [5, 5.41) is 0. The van der Waals surface area contributed by atoms with Crippen LogP contribution >= 0.6 is 50.5 Å². The standard InChI is InChI=1S/C12H16BrCl2NO4S2/c1-3-5-6-7(12(17)20-4-2)16-22(18,19)9-8(13)10(14)21-11(9)15/h7,16H,3-6H2,1-2H3. The van der Waals surface area contributed by atoms with Crippen molar-refractivity contribution in [1.82, 2.24) is 4.72 Å². The molecule has 1 unspecified atom stereocenters. The van der Waals surface area contributed by atoms with E-state index in [0.29, 0.717) is 12.8 Å². The third-order valence-electron chi connectivity index (χ3n) is 2.71. The summed E-state index contributed by atoms with van der Waals surface area (Å²) in [6, 6.07) is -0.952. The van der Waals surface area contributed by atoms with E-state index in [-0.39, 0.29) is 24.6 Å². The molecule has 0 aliphatic heterocycles. The van der Waals surface area contributed by atoms with Gasteiger partial charge in [-0.15, -0.1) is 11.3 Å². The zero-order valence-corrected chi connectivity index (χ0v) is 16.7. The molecule has 0 spiro atoms. The van der Waals surface area contributed by atoms with Gasteiger partial charge in [0.2, 0.25) is 10.0 Å². The van der Waals surface area contributed by atoms with E-state index in [4.69, 9.17) is 27.9 Å². The van der Waals surface area contributed by atoms with Gasteiger partial charge >= 0.3 is 5.97 Å². The van der Waals surface area contributed by atoms with E-state index < -0.39 is 22.0 Å². The van der Waals surface area contributed by atoms with Crippen LogP contribution in [0.25, 0.3) is 0 Å². The van der Waals surface area contributed by atoms with Crippen molar-refractivity contribution in [2.75, 3.05) is 6.61 Å². The van der Waals surface area contributed by atoms with Gasteiger partial charge in [0.05, 0.1) is 11.1 Å². The maximum absolute atomic E-state index is 12.5. The molecule has 0 bridgehead atoms. The summed E-state index contributed by atoms with van der Waals surface area (Å²) in [7, 11) is -4.00. The summed E-state index contributed by atoms with van der Waals surface area (Å²) in [6.07, 6.45) is 1.86. The van der Waals surface area contributed by atoms with Crippen molar-refractivity contribution < 1.29 is 17.9 Å². The fourth-order valence-corrected chi connectivity index (χ4v) is 6.47. The van der Waals surface area contributed by atoms with Crippen molar-refractivity contribution >= 4 is 66.5 Å². The lowest BCUT2D eigenvalue weighted by atomic mass is 10.1. The van der Waals surface area contributed by atoms with Gasteiger partial charge in [0.15, 0.2) is 0 Å². The van der Waals surface area contributed by atoms with E-state index >= 15 is 0 Å². The summed E-state index contributed by atoms with van der Waals surface area (Å²) in [6.45, 7) is 3.79. The minimum absolute atomic E-state index is 0.0301. The molecular formula is C12H16BrCl2NO4S2. The molecule has 1 rings (SSSR count). The number of hydrogen-bond acceptors (Lipinski definition) is 5. The molecule has 0 aliphatic rings. The Bertz CT molecular complexity index is 633. The minimum atomic E-state index is -4.00. The highest BCUT2D eigenvalue weighted by Gasteiger charge is 2.31. The van der Waals surface area contributed by atoms with Crippen LogP contribution in [0.2, 0.25) is 8.67 Å². The van der Waals surface area contributed by atoms with E-state index in [2.05, 4.69) is 20.7 Å². The molecule has 1 aromatic rings. The van der Waals surface area contributed by atoms with E-state index in [1.165, 1.54) is 0 Å². The lowest BCUT2D eigenvalue weighted by Gasteiger charge is -2.17. The Hall–Kier alpha value is 0.140. The van der Waals surface area contributed by atoms with Crippen molar-refractivity contribution in [3.05, 3.63) is 13.1 Å². The number of carbonyl (C=O) groups excluding carboxylic acids is 1. The zero-order valence-electron chi connectivity index (χ0n) is 12.0. The van der Waals surface area contributed by atoms with Gasteiger partial charge in [-0.3, -0.25) is 4.79 Å². The molecule has 0 radical (unpaired) electrons. The maximum atomic E-state index is 12.5. The average Bonchev–Trinajstić information content (AvgIpc) is 2.68. The van der Waals surface area contributed by atoms with Gasteiger partial charge < -0.3 is 4.74 Å². The van der Waals surface area contributed by atoms with Crippen molar-refractivity contribution in [3.8, 4) is 0 Å². The molecule has 1 atom stereocenters. The highest BCUT2D eigenvalue weighted by molar-refractivity contribution is 9.10. The third kappa shape index (κ3) is 5.07. The van der Waals surface area contributed by atoms with E-state index in [9.17, 15) is 13.2 Å². The van der Waals surface area contributed by atoms with Crippen LogP contribution in [0.1, 0.15) is 33.1 Å². The normalized spacial score (nSPS) is 13.1. The van der Waals surface area contributed by atoms with Crippen molar-refractivity contribution in [1.29, 1.82) is 0 Å². The summed E-state index contributed by atoms with van der Waals surface area (Å²) in [5.41, 5.74) is 0. The largest absolute Gasteiger partial charge is 0.465 e. The summed E-state index contributed by atoms with van der Waals surface area (Å²) in [5.74, 6) is -0.604. The first-order valence-electron chi connectivity index (χ1n) is 6.56. The highest BCUT2D eigenvalue weighted by atomic mass is 79.9. The van der Waals surface area contributed by atoms with Crippen LogP contribution in [0, 0.1) is 0 Å². The SMILES string of the molecule is CCCCC(NS(=O)(=O)c1c(Cl)sc(Cl)c1Br)C(=O)OCC. The number of thiophene rings is 1. The van der Waals surface area contributed by atoms with Crippen molar-refractivity contribution in [2.24, 2.45) is 0 Å². The monoisotopic (exact) mass is 451 g/mol. The quantitative estimate of drug-likeness (QED) is 0.599. The molecule has 10 heteroatoms. The van der Waals surface area contributed by atoms with Gasteiger partial charge in [0.25, 0.3) is 0 Å². The van der Waals surface area contributed by atoms with E-state index in [1.54, 1.807) is 6.92 Å². The number of hydrogen-bond donors (Lipinski definition) is 1.